The van der Waals surface area contributed by atoms with Crippen LogP contribution in [0.15, 0.2) is 33.6 Å². The third-order valence-electron chi connectivity index (χ3n) is 3.14. The smallest absolute Gasteiger partial charge is 0.243 e. The van der Waals surface area contributed by atoms with Crippen LogP contribution in [-0.4, -0.2) is 8.42 Å². The molecule has 7 heteroatoms. The molecule has 0 spiro atoms. The third-order valence-corrected chi connectivity index (χ3v) is 4.74. The van der Waals surface area contributed by atoms with Crippen LogP contribution >= 0.6 is 0 Å². The summed E-state index contributed by atoms with van der Waals surface area (Å²) < 4.78 is 45.7. The fourth-order valence-corrected chi connectivity index (χ4v) is 3.55. The molecular formula is C14H17FN2O3S. The Kier molecular flexibility index (Phi) is 4.06. The summed E-state index contributed by atoms with van der Waals surface area (Å²) in [5.74, 6) is 0.668. The first-order chi connectivity index (χ1) is 9.70. The zero-order valence-corrected chi connectivity index (χ0v) is 12.8. The number of aryl methyl sites for hydroxylation is 2. The van der Waals surface area contributed by atoms with Gasteiger partial charge in [-0.25, -0.2) is 17.5 Å². The van der Waals surface area contributed by atoms with Crippen molar-refractivity contribution in [2.75, 3.05) is 5.73 Å². The lowest BCUT2D eigenvalue weighted by Crippen LogP contribution is -2.27. The Hall–Kier alpha value is -1.86. The number of furan rings is 1. The number of benzene rings is 1. The molecule has 114 valence electrons. The second-order valence-corrected chi connectivity index (χ2v) is 6.58. The summed E-state index contributed by atoms with van der Waals surface area (Å²) in [6.45, 7) is 5.22. The van der Waals surface area contributed by atoms with Gasteiger partial charge in [0, 0.05) is 11.6 Å². The van der Waals surface area contributed by atoms with Crippen molar-refractivity contribution in [1.82, 2.24) is 4.72 Å². The summed E-state index contributed by atoms with van der Waals surface area (Å²) in [4.78, 5) is -0.271. The number of nitrogens with two attached hydrogens (primary N) is 1. The molecule has 2 aromatic rings. The molecule has 0 bridgehead atoms. The number of sulfonamides is 1. The van der Waals surface area contributed by atoms with Crippen LogP contribution in [0, 0.1) is 19.7 Å². The highest BCUT2D eigenvalue weighted by molar-refractivity contribution is 7.89. The highest BCUT2D eigenvalue weighted by atomic mass is 32.2. The SMILES string of the molecule is Cc1cc(C(C)NS(=O)(=O)c2cc(F)ccc2N)c(C)o1. The molecule has 0 radical (unpaired) electrons. The van der Waals surface area contributed by atoms with Crippen molar-refractivity contribution in [2.24, 2.45) is 0 Å². The minimum absolute atomic E-state index is 0.00352. The first-order valence-corrected chi connectivity index (χ1v) is 7.83. The molecule has 5 nitrogen and oxygen atoms in total. The number of halogens is 1. The Morgan fingerprint density at radius 2 is 1.95 bits per heavy atom. The number of anilines is 1. The maximum atomic E-state index is 13.2. The Morgan fingerprint density at radius 1 is 1.29 bits per heavy atom. The van der Waals surface area contributed by atoms with E-state index in [0.717, 1.165) is 17.7 Å². The molecule has 1 aromatic carbocycles. The zero-order chi connectivity index (χ0) is 15.8. The van der Waals surface area contributed by atoms with Crippen LogP contribution in [0.4, 0.5) is 10.1 Å². The van der Waals surface area contributed by atoms with Crippen molar-refractivity contribution in [3.8, 4) is 0 Å². The molecule has 0 saturated heterocycles. The van der Waals surface area contributed by atoms with Gasteiger partial charge in [-0.2, -0.15) is 0 Å². The van der Waals surface area contributed by atoms with Crippen molar-refractivity contribution in [3.63, 3.8) is 0 Å². The largest absolute Gasteiger partial charge is 0.466 e. The molecule has 0 amide bonds. The lowest BCUT2D eigenvalue weighted by Gasteiger charge is -2.15. The first-order valence-electron chi connectivity index (χ1n) is 6.35. The molecule has 21 heavy (non-hydrogen) atoms. The quantitative estimate of drug-likeness (QED) is 0.850. The summed E-state index contributed by atoms with van der Waals surface area (Å²) in [5, 5.41) is 0. The summed E-state index contributed by atoms with van der Waals surface area (Å²) in [7, 11) is -3.93. The highest BCUT2D eigenvalue weighted by Gasteiger charge is 2.23. The number of hydrogen-bond acceptors (Lipinski definition) is 4. The van der Waals surface area contributed by atoms with Crippen LogP contribution in [0.3, 0.4) is 0 Å². The average Bonchev–Trinajstić information content (AvgIpc) is 2.71. The Bertz CT molecular complexity index is 769. The lowest BCUT2D eigenvalue weighted by molar-refractivity contribution is 0.496. The summed E-state index contributed by atoms with van der Waals surface area (Å²) in [5.41, 5.74) is 6.34. The van der Waals surface area contributed by atoms with Crippen LogP contribution < -0.4 is 10.5 Å². The lowest BCUT2D eigenvalue weighted by atomic mass is 10.1. The van der Waals surface area contributed by atoms with E-state index in [9.17, 15) is 12.8 Å². The van der Waals surface area contributed by atoms with E-state index >= 15 is 0 Å². The molecule has 1 aromatic heterocycles. The topological polar surface area (TPSA) is 85.3 Å². The van der Waals surface area contributed by atoms with Crippen LogP contribution in [0.1, 0.15) is 30.0 Å². The molecule has 0 aliphatic heterocycles. The second kappa shape index (κ2) is 5.50. The van der Waals surface area contributed by atoms with Crippen LogP contribution in [0.2, 0.25) is 0 Å². The third kappa shape index (κ3) is 3.25. The van der Waals surface area contributed by atoms with E-state index in [-0.39, 0.29) is 10.6 Å². The summed E-state index contributed by atoms with van der Waals surface area (Å²) in [6, 6.07) is 4.48. The fourth-order valence-electron chi connectivity index (χ4n) is 2.18. The number of hydrogen-bond donors (Lipinski definition) is 2. The predicted molar refractivity (Wildman–Crippen MR) is 77.7 cm³/mol. The molecule has 3 N–H and O–H groups in total. The molecule has 0 fully saturated rings. The van der Waals surface area contributed by atoms with E-state index < -0.39 is 21.9 Å². The molecule has 0 saturated carbocycles. The van der Waals surface area contributed by atoms with Crippen LogP contribution in [0.5, 0.6) is 0 Å². The first kappa shape index (κ1) is 15.5. The van der Waals surface area contributed by atoms with E-state index in [2.05, 4.69) is 4.72 Å². The van der Waals surface area contributed by atoms with Crippen molar-refractivity contribution in [2.45, 2.75) is 31.7 Å². The van der Waals surface area contributed by atoms with Gasteiger partial charge in [0.1, 0.15) is 22.2 Å². The van der Waals surface area contributed by atoms with E-state index in [1.165, 1.54) is 6.07 Å². The Balaban J connectivity index is 2.33. The molecule has 1 unspecified atom stereocenters. The van der Waals surface area contributed by atoms with Crippen molar-refractivity contribution in [1.29, 1.82) is 0 Å². The average molecular weight is 312 g/mol. The highest BCUT2D eigenvalue weighted by Crippen LogP contribution is 2.25. The predicted octanol–water partition coefficient (Wildman–Crippen LogP) is 2.66. The van der Waals surface area contributed by atoms with Gasteiger partial charge in [0.2, 0.25) is 10.0 Å². The zero-order valence-electron chi connectivity index (χ0n) is 12.0. The van der Waals surface area contributed by atoms with E-state index in [1.54, 1.807) is 26.8 Å². The minimum Gasteiger partial charge on any atom is -0.466 e. The summed E-state index contributed by atoms with van der Waals surface area (Å²) in [6.07, 6.45) is 0. The van der Waals surface area contributed by atoms with E-state index in [1.807, 2.05) is 0 Å². The maximum absolute atomic E-state index is 13.2. The summed E-state index contributed by atoms with van der Waals surface area (Å²) >= 11 is 0. The van der Waals surface area contributed by atoms with Gasteiger partial charge >= 0.3 is 0 Å². The van der Waals surface area contributed by atoms with Crippen molar-refractivity contribution >= 4 is 15.7 Å². The van der Waals surface area contributed by atoms with Crippen molar-refractivity contribution in [3.05, 3.63) is 47.2 Å². The monoisotopic (exact) mass is 312 g/mol. The Morgan fingerprint density at radius 3 is 2.52 bits per heavy atom. The number of nitrogens with one attached hydrogen (secondary N) is 1. The minimum atomic E-state index is -3.93. The standard InChI is InChI=1S/C14H17FN2O3S/c1-8-6-12(10(3)20-8)9(2)17-21(18,19)14-7-11(15)4-5-13(14)16/h4-7,9,17H,16H2,1-3H3. The van der Waals surface area contributed by atoms with Gasteiger partial charge < -0.3 is 10.2 Å². The molecule has 1 atom stereocenters. The molecule has 2 rings (SSSR count). The maximum Gasteiger partial charge on any atom is 0.243 e. The van der Waals surface area contributed by atoms with Crippen LogP contribution in [-0.2, 0) is 10.0 Å². The number of nitrogen functional groups attached to an aromatic ring is 1. The van der Waals surface area contributed by atoms with Gasteiger partial charge in [-0.05, 0) is 45.0 Å². The molecule has 1 heterocycles. The molecular weight excluding hydrogens is 295 g/mol. The Labute approximate surface area is 123 Å². The van der Waals surface area contributed by atoms with E-state index in [0.29, 0.717) is 11.5 Å². The second-order valence-electron chi connectivity index (χ2n) is 4.89. The van der Waals surface area contributed by atoms with Gasteiger partial charge in [-0.3, -0.25) is 0 Å². The van der Waals surface area contributed by atoms with Gasteiger partial charge in [-0.1, -0.05) is 0 Å². The van der Waals surface area contributed by atoms with Gasteiger partial charge in [-0.15, -0.1) is 0 Å². The van der Waals surface area contributed by atoms with Gasteiger partial charge in [0.05, 0.1) is 5.69 Å². The van der Waals surface area contributed by atoms with Crippen LogP contribution in [0.25, 0.3) is 0 Å². The fraction of sp³-hybridized carbons (Fsp3) is 0.286. The van der Waals surface area contributed by atoms with Gasteiger partial charge in [0.25, 0.3) is 0 Å². The number of rotatable bonds is 4. The molecule has 0 aliphatic carbocycles. The van der Waals surface area contributed by atoms with E-state index in [4.69, 9.17) is 10.2 Å². The van der Waals surface area contributed by atoms with Crippen molar-refractivity contribution < 1.29 is 17.2 Å². The van der Waals surface area contributed by atoms with Gasteiger partial charge in [0.15, 0.2) is 0 Å². The molecule has 0 aliphatic rings. The normalized spacial score (nSPS) is 13.3.